The molecule has 0 bridgehead atoms. The van der Waals surface area contributed by atoms with Gasteiger partial charge in [0.15, 0.2) is 5.82 Å². The molecule has 2 aromatic heterocycles. The van der Waals surface area contributed by atoms with Crippen molar-refractivity contribution >= 4 is 31.9 Å². The van der Waals surface area contributed by atoms with Gasteiger partial charge >= 0.3 is 0 Å². The Kier molecular flexibility index (Phi) is 1.82. The zero-order chi connectivity index (χ0) is 11.0. The number of rotatable bonds is 1. The maximum Gasteiger partial charge on any atom is 0.175 e. The molecule has 0 aliphatic rings. The Morgan fingerprint density at radius 1 is 1.31 bits per heavy atom. The van der Waals surface area contributed by atoms with Crippen molar-refractivity contribution in [2.45, 2.75) is 0 Å². The molecule has 2 rings (SSSR count). The molecule has 0 atom stereocenters. The minimum Gasteiger partial charge on any atom is -0.220 e. The number of hydrogen-bond donors (Lipinski definition) is 0. The summed E-state index contributed by atoms with van der Waals surface area (Å²) in [5.74, 6) is 0.405. The summed E-state index contributed by atoms with van der Waals surface area (Å²) < 4.78 is 17.3. The molecule has 6 heteroatoms. The minimum atomic E-state index is 0.00437. The molecule has 0 amide bonds. The van der Waals surface area contributed by atoms with Crippen LogP contribution < -0.4 is 0 Å². The van der Waals surface area contributed by atoms with Crippen LogP contribution in [-0.4, -0.2) is 20.0 Å². The Hall–Kier alpha value is -0.750. The fourth-order valence-corrected chi connectivity index (χ4v) is 1.23. The highest BCUT2D eigenvalue weighted by molar-refractivity contribution is 9.10. The molecule has 13 heavy (non-hydrogen) atoms. The van der Waals surface area contributed by atoms with Crippen LogP contribution in [0.4, 0.5) is 0 Å². The lowest BCUT2D eigenvalue weighted by Crippen LogP contribution is -1.98. The molecule has 0 saturated heterocycles. The van der Waals surface area contributed by atoms with Gasteiger partial charge in [0, 0.05) is 6.17 Å². The topological polar surface area (TPSA) is 43.6 Å². The van der Waals surface area contributed by atoms with Crippen LogP contribution in [0.15, 0.2) is 33.6 Å². The molecular weight excluding hydrogens is 300 g/mol. The molecule has 4 nitrogen and oxygen atoms in total. The molecule has 0 radical (unpaired) electrons. The molecule has 2 aromatic rings. The Labute approximate surface area is 94.0 Å². The van der Waals surface area contributed by atoms with Gasteiger partial charge in [0.2, 0.25) is 0 Å². The van der Waals surface area contributed by atoms with E-state index in [1.54, 1.807) is 12.1 Å². The fraction of sp³-hybridized carbons (Fsp3) is 0. The third kappa shape index (κ3) is 1.94. The zero-order valence-electron chi connectivity index (χ0n) is 8.20. The predicted molar refractivity (Wildman–Crippen MR) is 54.6 cm³/mol. The third-order valence-electron chi connectivity index (χ3n) is 1.29. The van der Waals surface area contributed by atoms with Crippen LogP contribution in [-0.2, 0) is 0 Å². The molecule has 0 aliphatic heterocycles. The van der Waals surface area contributed by atoms with Crippen LogP contribution in [0, 0.1) is 0 Å². The van der Waals surface area contributed by atoms with Gasteiger partial charge in [0.05, 0.1) is 13.4 Å². The smallest absolute Gasteiger partial charge is 0.175 e. The summed E-state index contributed by atoms with van der Waals surface area (Å²) in [4.78, 5) is 0. The van der Waals surface area contributed by atoms with Crippen molar-refractivity contribution in [1.82, 2.24) is 20.0 Å². The normalized spacial score (nSPS) is 12.5. The average molecular weight is 306 g/mol. The molecule has 0 aromatic carbocycles. The van der Waals surface area contributed by atoms with Gasteiger partial charge in [-0.15, -0.1) is 10.2 Å². The van der Waals surface area contributed by atoms with Gasteiger partial charge in [-0.1, -0.05) is 0 Å². The van der Waals surface area contributed by atoms with Gasteiger partial charge in [-0.05, 0) is 44.0 Å². The largest absolute Gasteiger partial charge is 0.220 e. The van der Waals surface area contributed by atoms with Crippen molar-refractivity contribution in [2.24, 2.45) is 0 Å². The van der Waals surface area contributed by atoms with Gasteiger partial charge in [-0.3, -0.25) is 0 Å². The van der Waals surface area contributed by atoms with E-state index in [0.717, 1.165) is 0 Å². The molecule has 0 unspecified atom stereocenters. The van der Waals surface area contributed by atoms with E-state index in [1.807, 2.05) is 0 Å². The minimum absolute atomic E-state index is 0.00437. The summed E-state index contributed by atoms with van der Waals surface area (Å²) in [5.41, 5.74) is 0. The highest BCUT2D eigenvalue weighted by atomic mass is 79.9. The molecule has 0 N–H and O–H groups in total. The van der Waals surface area contributed by atoms with Crippen molar-refractivity contribution in [2.75, 3.05) is 0 Å². The summed E-state index contributed by atoms with van der Waals surface area (Å²) in [6.07, 6.45) is 0.0846. The fourth-order valence-electron chi connectivity index (χ4n) is 0.767. The molecule has 0 aliphatic carbocycles. The SMILES string of the molecule is [2H]c1nn(-c2ccc(Br)nn2)c([2H])c1Br. The highest BCUT2D eigenvalue weighted by Gasteiger charge is 1.99. The molecular formula is C7H4Br2N4. The lowest BCUT2D eigenvalue weighted by atomic mass is 10.5. The predicted octanol–water partition coefficient (Wildman–Crippen LogP) is 2.19. The number of halogens is 2. The van der Waals surface area contributed by atoms with Gasteiger partial charge in [-0.2, -0.15) is 5.10 Å². The molecule has 0 saturated carbocycles. The van der Waals surface area contributed by atoms with Crippen LogP contribution in [0.5, 0.6) is 0 Å². The van der Waals surface area contributed by atoms with E-state index in [1.165, 1.54) is 4.68 Å². The Morgan fingerprint density at radius 3 is 2.69 bits per heavy atom. The van der Waals surface area contributed by atoms with E-state index >= 15 is 0 Å². The van der Waals surface area contributed by atoms with Crippen LogP contribution in [0.25, 0.3) is 5.82 Å². The quantitative estimate of drug-likeness (QED) is 0.811. The second kappa shape index (κ2) is 3.55. The second-order valence-electron chi connectivity index (χ2n) is 2.16. The second-order valence-corrected chi connectivity index (χ2v) is 3.77. The standard InChI is InChI=1S/C7H4Br2N4/c8-5-3-10-13(4-5)7-2-1-6(9)11-12-7/h1-4H/i3D,4D. The van der Waals surface area contributed by atoms with Crippen LogP contribution in [0.3, 0.4) is 0 Å². The molecule has 66 valence electrons. The Balaban J connectivity index is 2.54. The Morgan fingerprint density at radius 2 is 2.15 bits per heavy atom. The number of hydrogen-bond acceptors (Lipinski definition) is 3. The lowest BCUT2D eigenvalue weighted by molar-refractivity contribution is 0.809. The van der Waals surface area contributed by atoms with Crippen LogP contribution >= 0.6 is 31.9 Å². The van der Waals surface area contributed by atoms with Crippen molar-refractivity contribution in [3.05, 3.63) is 33.6 Å². The number of aromatic nitrogens is 4. The highest BCUT2D eigenvalue weighted by Crippen LogP contribution is 2.11. The summed E-state index contributed by atoms with van der Waals surface area (Å²) in [7, 11) is 0. The van der Waals surface area contributed by atoms with Crippen molar-refractivity contribution in [3.8, 4) is 5.82 Å². The monoisotopic (exact) mass is 304 g/mol. The average Bonchev–Trinajstić information content (AvgIpc) is 2.47. The maximum atomic E-state index is 7.66. The van der Waals surface area contributed by atoms with E-state index < -0.39 is 0 Å². The molecule has 0 spiro atoms. The Bertz CT molecular complexity index is 496. The van der Waals surface area contributed by atoms with Crippen LogP contribution in [0.1, 0.15) is 2.74 Å². The van der Waals surface area contributed by atoms with E-state index in [0.29, 0.717) is 14.9 Å². The van der Waals surface area contributed by atoms with Crippen LogP contribution in [0.2, 0.25) is 0 Å². The summed E-state index contributed by atoms with van der Waals surface area (Å²) >= 11 is 6.26. The van der Waals surface area contributed by atoms with Crippen molar-refractivity contribution < 1.29 is 2.74 Å². The van der Waals surface area contributed by atoms with Gasteiger partial charge < -0.3 is 0 Å². The lowest BCUT2D eigenvalue weighted by Gasteiger charge is -1.96. The zero-order valence-corrected chi connectivity index (χ0v) is 9.37. The number of nitrogens with zero attached hydrogens (tertiary/aromatic N) is 4. The van der Waals surface area contributed by atoms with E-state index in [2.05, 4.69) is 47.2 Å². The van der Waals surface area contributed by atoms with Gasteiger partial charge in [0.1, 0.15) is 4.60 Å². The first kappa shape index (κ1) is 6.67. The van der Waals surface area contributed by atoms with E-state index in [9.17, 15) is 0 Å². The first-order chi connectivity index (χ1) is 7.09. The first-order valence-corrected chi connectivity index (χ1v) is 4.89. The van der Waals surface area contributed by atoms with Gasteiger partial charge in [0.25, 0.3) is 0 Å². The summed E-state index contributed by atoms with van der Waals surface area (Å²) in [5, 5.41) is 11.5. The van der Waals surface area contributed by atoms with Crippen molar-refractivity contribution in [1.29, 1.82) is 0 Å². The first-order valence-electron chi connectivity index (χ1n) is 4.31. The summed E-state index contributed by atoms with van der Waals surface area (Å²) in [6, 6.07) is 3.36. The molecule has 0 fully saturated rings. The third-order valence-corrected chi connectivity index (χ3v) is 2.06. The van der Waals surface area contributed by atoms with E-state index in [-0.39, 0.29) is 12.3 Å². The molecule has 2 heterocycles. The van der Waals surface area contributed by atoms with Gasteiger partial charge in [-0.25, -0.2) is 4.68 Å². The van der Waals surface area contributed by atoms with E-state index in [4.69, 9.17) is 2.74 Å². The van der Waals surface area contributed by atoms with Crippen molar-refractivity contribution in [3.63, 3.8) is 0 Å². The maximum absolute atomic E-state index is 7.66. The summed E-state index contributed by atoms with van der Waals surface area (Å²) in [6.45, 7) is 0.